The first-order chi connectivity index (χ1) is 8.56. The molecule has 0 aliphatic carbocycles. The highest BCUT2D eigenvalue weighted by Gasteiger charge is 2.17. The molecule has 0 aliphatic rings. The molecule has 0 bridgehead atoms. The van der Waals surface area contributed by atoms with Crippen LogP contribution in [0.15, 0.2) is 16.5 Å². The Morgan fingerprint density at radius 3 is 2.78 bits per heavy atom. The van der Waals surface area contributed by atoms with Gasteiger partial charge in [-0.3, -0.25) is 4.79 Å². The van der Waals surface area contributed by atoms with Crippen LogP contribution in [-0.4, -0.2) is 35.2 Å². The van der Waals surface area contributed by atoms with Crippen molar-refractivity contribution >= 4 is 17.7 Å². The van der Waals surface area contributed by atoms with E-state index in [1.165, 1.54) is 0 Å². The van der Waals surface area contributed by atoms with Gasteiger partial charge >= 0.3 is 0 Å². The Bertz CT molecular complexity index is 374. The van der Waals surface area contributed by atoms with E-state index in [1.54, 1.807) is 11.8 Å². The van der Waals surface area contributed by atoms with Crippen LogP contribution in [0, 0.1) is 6.92 Å². The van der Waals surface area contributed by atoms with E-state index in [0.29, 0.717) is 12.8 Å². The number of rotatable bonds is 7. The molecule has 1 rings (SSSR count). The highest BCUT2D eigenvalue weighted by Crippen LogP contribution is 2.11. The Balaban J connectivity index is 2.33. The lowest BCUT2D eigenvalue weighted by Crippen LogP contribution is -2.41. The number of nitrogens with one attached hydrogen (secondary N) is 1. The van der Waals surface area contributed by atoms with Crippen LogP contribution in [0.1, 0.15) is 24.9 Å². The van der Waals surface area contributed by atoms with Crippen LogP contribution in [0.4, 0.5) is 0 Å². The number of aryl methyl sites for hydroxylation is 2. The van der Waals surface area contributed by atoms with Gasteiger partial charge in [0, 0.05) is 24.1 Å². The number of furan rings is 1. The number of aliphatic hydroxyl groups excluding tert-OH is 1. The van der Waals surface area contributed by atoms with Crippen molar-refractivity contribution in [2.45, 2.75) is 38.0 Å². The van der Waals surface area contributed by atoms with Crippen molar-refractivity contribution in [2.75, 3.05) is 12.9 Å². The zero-order valence-electron chi connectivity index (χ0n) is 11.1. The van der Waals surface area contributed by atoms with Crippen LogP contribution in [0.2, 0.25) is 0 Å². The van der Waals surface area contributed by atoms with Crippen LogP contribution < -0.4 is 5.32 Å². The zero-order chi connectivity index (χ0) is 13.5. The molecule has 0 aliphatic heterocycles. The van der Waals surface area contributed by atoms with Crippen LogP contribution in [-0.2, 0) is 11.2 Å². The third kappa shape index (κ3) is 4.74. The topological polar surface area (TPSA) is 62.5 Å². The molecular weight excluding hydrogens is 250 g/mol. The van der Waals surface area contributed by atoms with Crippen molar-refractivity contribution in [3.8, 4) is 0 Å². The van der Waals surface area contributed by atoms with E-state index in [1.807, 2.05) is 32.2 Å². The summed E-state index contributed by atoms with van der Waals surface area (Å²) in [6.45, 7) is 3.86. The summed E-state index contributed by atoms with van der Waals surface area (Å²) < 4.78 is 5.40. The molecule has 2 N–H and O–H groups in total. The van der Waals surface area contributed by atoms with Crippen molar-refractivity contribution in [1.82, 2.24) is 5.32 Å². The van der Waals surface area contributed by atoms with E-state index < -0.39 is 0 Å². The maximum Gasteiger partial charge on any atom is 0.220 e. The van der Waals surface area contributed by atoms with E-state index >= 15 is 0 Å². The maximum absolute atomic E-state index is 11.7. The summed E-state index contributed by atoms with van der Waals surface area (Å²) in [7, 11) is 0. The minimum absolute atomic E-state index is 0.0101. The average molecular weight is 271 g/mol. The number of hydrogen-bond acceptors (Lipinski definition) is 4. The fraction of sp³-hybridized carbons (Fsp3) is 0.615. The second-order valence-corrected chi connectivity index (χ2v) is 5.40. The summed E-state index contributed by atoms with van der Waals surface area (Å²) in [4.78, 5) is 11.7. The van der Waals surface area contributed by atoms with Gasteiger partial charge in [-0.05, 0) is 32.2 Å². The lowest BCUT2D eigenvalue weighted by Gasteiger charge is -2.21. The molecule has 102 valence electrons. The van der Waals surface area contributed by atoms with Gasteiger partial charge in [-0.2, -0.15) is 11.8 Å². The first-order valence-electron chi connectivity index (χ1n) is 6.05. The first-order valence-corrected chi connectivity index (χ1v) is 7.34. The smallest absolute Gasteiger partial charge is 0.220 e. The van der Waals surface area contributed by atoms with Crippen LogP contribution in [0.5, 0.6) is 0 Å². The Labute approximate surface area is 112 Å². The molecule has 0 aromatic carbocycles. The van der Waals surface area contributed by atoms with Crippen molar-refractivity contribution in [3.63, 3.8) is 0 Å². The third-order valence-electron chi connectivity index (χ3n) is 2.82. The molecule has 1 amide bonds. The summed E-state index contributed by atoms with van der Waals surface area (Å²) in [6, 6.07) is 3.76. The Morgan fingerprint density at radius 1 is 1.56 bits per heavy atom. The van der Waals surface area contributed by atoms with Gasteiger partial charge < -0.3 is 14.8 Å². The SMILES string of the molecule is CS[C@H](CO)[C@@H](C)NC(=O)CCc1ccc(C)o1. The van der Waals surface area contributed by atoms with Gasteiger partial charge in [0.1, 0.15) is 11.5 Å². The summed E-state index contributed by atoms with van der Waals surface area (Å²) >= 11 is 1.55. The highest BCUT2D eigenvalue weighted by atomic mass is 32.2. The van der Waals surface area contributed by atoms with E-state index in [0.717, 1.165) is 11.5 Å². The monoisotopic (exact) mass is 271 g/mol. The lowest BCUT2D eigenvalue weighted by atomic mass is 10.2. The molecule has 18 heavy (non-hydrogen) atoms. The normalized spacial score (nSPS) is 14.2. The number of carbonyl (C=O) groups is 1. The molecule has 0 radical (unpaired) electrons. The standard InChI is InChI=1S/C13H21NO3S/c1-9-4-5-11(17-9)6-7-13(16)14-10(2)12(8-15)18-3/h4-5,10,12,15H,6-8H2,1-3H3,(H,14,16)/t10-,12-/m1/s1. The zero-order valence-corrected chi connectivity index (χ0v) is 11.9. The number of thioether (sulfide) groups is 1. The largest absolute Gasteiger partial charge is 0.466 e. The fourth-order valence-electron chi connectivity index (χ4n) is 1.71. The van der Waals surface area contributed by atoms with E-state index in [9.17, 15) is 4.79 Å². The third-order valence-corrected chi connectivity index (χ3v) is 3.99. The minimum atomic E-state index is -0.0316. The van der Waals surface area contributed by atoms with Crippen molar-refractivity contribution in [3.05, 3.63) is 23.7 Å². The van der Waals surface area contributed by atoms with Crippen molar-refractivity contribution in [1.29, 1.82) is 0 Å². The van der Waals surface area contributed by atoms with Gasteiger partial charge in [0.2, 0.25) is 5.91 Å². The summed E-state index contributed by atoms with van der Waals surface area (Å²) in [5.74, 6) is 1.68. The van der Waals surface area contributed by atoms with Gasteiger partial charge in [0.15, 0.2) is 0 Å². The molecular formula is C13H21NO3S. The molecule has 0 fully saturated rings. The van der Waals surface area contributed by atoms with Gasteiger partial charge in [-0.1, -0.05) is 0 Å². The molecule has 5 heteroatoms. The Morgan fingerprint density at radius 2 is 2.28 bits per heavy atom. The molecule has 0 saturated heterocycles. The predicted molar refractivity (Wildman–Crippen MR) is 73.8 cm³/mol. The highest BCUT2D eigenvalue weighted by molar-refractivity contribution is 7.99. The van der Waals surface area contributed by atoms with E-state index in [4.69, 9.17) is 9.52 Å². The van der Waals surface area contributed by atoms with Crippen LogP contribution >= 0.6 is 11.8 Å². The Hall–Kier alpha value is -0.940. The molecule has 1 aromatic rings. The summed E-state index contributed by atoms with van der Waals surface area (Å²) in [5, 5.41) is 12.1. The fourth-order valence-corrected chi connectivity index (χ4v) is 2.34. The van der Waals surface area contributed by atoms with E-state index in [2.05, 4.69) is 5.32 Å². The van der Waals surface area contributed by atoms with Crippen molar-refractivity contribution < 1.29 is 14.3 Å². The Kier molecular flexibility index (Phi) is 6.29. The number of aliphatic hydroxyl groups is 1. The molecule has 2 atom stereocenters. The minimum Gasteiger partial charge on any atom is -0.466 e. The quantitative estimate of drug-likeness (QED) is 0.793. The summed E-state index contributed by atoms with van der Waals surface area (Å²) in [5.41, 5.74) is 0. The average Bonchev–Trinajstić information content (AvgIpc) is 2.74. The maximum atomic E-state index is 11.7. The number of amides is 1. The van der Waals surface area contributed by atoms with Crippen LogP contribution in [0.25, 0.3) is 0 Å². The molecule has 0 saturated carbocycles. The predicted octanol–water partition coefficient (Wildman–Crippen LogP) is 1.75. The molecule has 0 spiro atoms. The van der Waals surface area contributed by atoms with Gasteiger partial charge in [0.25, 0.3) is 0 Å². The van der Waals surface area contributed by atoms with Crippen LogP contribution in [0.3, 0.4) is 0 Å². The van der Waals surface area contributed by atoms with Crippen molar-refractivity contribution in [2.24, 2.45) is 0 Å². The van der Waals surface area contributed by atoms with E-state index in [-0.39, 0.29) is 23.8 Å². The molecule has 0 unspecified atom stereocenters. The number of carbonyl (C=O) groups excluding carboxylic acids is 1. The lowest BCUT2D eigenvalue weighted by molar-refractivity contribution is -0.121. The second-order valence-electron chi connectivity index (χ2n) is 4.33. The first kappa shape index (κ1) is 15.1. The molecule has 1 aromatic heterocycles. The number of hydrogen-bond donors (Lipinski definition) is 2. The van der Waals surface area contributed by atoms with Gasteiger partial charge in [0.05, 0.1) is 6.61 Å². The van der Waals surface area contributed by atoms with Gasteiger partial charge in [-0.15, -0.1) is 0 Å². The molecule has 1 heterocycles. The van der Waals surface area contributed by atoms with Gasteiger partial charge in [-0.25, -0.2) is 0 Å². The second kappa shape index (κ2) is 7.48. The molecule has 4 nitrogen and oxygen atoms in total. The summed E-state index contributed by atoms with van der Waals surface area (Å²) in [6.07, 6.45) is 2.94.